The van der Waals surface area contributed by atoms with E-state index in [4.69, 9.17) is 9.84 Å². The molecular weight excluding hydrogens is 446 g/mol. The van der Waals surface area contributed by atoms with Gasteiger partial charge in [0.1, 0.15) is 12.4 Å². The zero-order valence-corrected chi connectivity index (χ0v) is 19.9. The van der Waals surface area contributed by atoms with E-state index in [1.807, 2.05) is 42.5 Å². The van der Waals surface area contributed by atoms with Crippen molar-refractivity contribution in [3.05, 3.63) is 138 Å². The van der Waals surface area contributed by atoms with Crippen LogP contribution in [0.2, 0.25) is 0 Å². The van der Waals surface area contributed by atoms with Crippen LogP contribution in [0.3, 0.4) is 0 Å². The van der Waals surface area contributed by atoms with Gasteiger partial charge >= 0.3 is 5.97 Å². The first-order valence-electron chi connectivity index (χ1n) is 12.0. The van der Waals surface area contributed by atoms with Crippen molar-refractivity contribution in [3.8, 4) is 11.4 Å². The van der Waals surface area contributed by atoms with Gasteiger partial charge in [-0.3, -0.25) is 0 Å². The second-order valence-electron chi connectivity index (χ2n) is 8.73. The highest BCUT2D eigenvalue weighted by molar-refractivity contribution is 5.90. The van der Waals surface area contributed by atoms with Gasteiger partial charge in [-0.25, -0.2) is 4.79 Å². The second-order valence-corrected chi connectivity index (χ2v) is 8.73. The fourth-order valence-corrected chi connectivity index (χ4v) is 4.37. The van der Waals surface area contributed by atoms with Gasteiger partial charge in [-0.1, -0.05) is 66.7 Å². The largest absolute Gasteiger partial charge is 0.489 e. The summed E-state index contributed by atoms with van der Waals surface area (Å²) in [5, 5.41) is 10.2. The van der Waals surface area contributed by atoms with Crippen LogP contribution >= 0.6 is 0 Å². The smallest absolute Gasteiger partial charge is 0.328 e. The summed E-state index contributed by atoms with van der Waals surface area (Å²) in [5.41, 5.74) is 6.65. The average Bonchev–Trinajstić information content (AvgIpc) is 3.29. The Morgan fingerprint density at radius 3 is 2.19 bits per heavy atom. The van der Waals surface area contributed by atoms with Crippen LogP contribution in [0.25, 0.3) is 22.7 Å². The number of carbonyl (C=O) groups is 1. The van der Waals surface area contributed by atoms with Gasteiger partial charge in [0, 0.05) is 23.3 Å². The number of nitrogens with zero attached hydrogens (tertiary/aromatic N) is 1. The van der Waals surface area contributed by atoms with E-state index < -0.39 is 5.97 Å². The van der Waals surface area contributed by atoms with Crippen LogP contribution in [0.15, 0.2) is 115 Å². The maximum atomic E-state index is 11.0. The van der Waals surface area contributed by atoms with Crippen LogP contribution in [0.4, 0.5) is 0 Å². The Morgan fingerprint density at radius 2 is 1.50 bits per heavy atom. The summed E-state index contributed by atoms with van der Waals surface area (Å²) in [4.78, 5) is 11.0. The lowest BCUT2D eigenvalue weighted by Gasteiger charge is -2.09. The van der Waals surface area contributed by atoms with Gasteiger partial charge in [0.25, 0.3) is 0 Å². The van der Waals surface area contributed by atoms with Gasteiger partial charge in [-0.15, -0.1) is 0 Å². The van der Waals surface area contributed by atoms with Gasteiger partial charge in [0.05, 0.1) is 5.52 Å². The molecule has 1 heterocycles. The van der Waals surface area contributed by atoms with Crippen molar-refractivity contribution in [2.24, 2.45) is 0 Å². The molecule has 5 rings (SSSR count). The molecule has 0 aliphatic heterocycles. The van der Waals surface area contributed by atoms with E-state index in [1.165, 1.54) is 17.2 Å². The third-order valence-corrected chi connectivity index (χ3v) is 6.22. The highest BCUT2D eigenvalue weighted by atomic mass is 16.5. The molecule has 0 aliphatic carbocycles. The summed E-state index contributed by atoms with van der Waals surface area (Å²) in [6.45, 7) is 0.531. The standard InChI is InChI=1S/C32H27NO3/c34-32(35)20-13-25-12-19-31-30(21-25)27(14-11-24-7-3-1-4-8-24)22-33(31)28-15-17-29(18-16-28)36-23-26-9-5-2-6-10-26/h1-10,12-13,15-22H,11,14,23H2,(H,34,35)/b20-13+. The first-order chi connectivity index (χ1) is 17.7. The molecule has 5 aromatic rings. The number of rotatable bonds is 9. The molecule has 0 bridgehead atoms. The molecule has 0 aliphatic rings. The molecule has 0 saturated carbocycles. The third-order valence-electron chi connectivity index (χ3n) is 6.22. The Morgan fingerprint density at radius 1 is 0.806 bits per heavy atom. The fourth-order valence-electron chi connectivity index (χ4n) is 4.37. The number of carboxylic acids is 1. The molecule has 0 unspecified atom stereocenters. The predicted octanol–water partition coefficient (Wildman–Crippen LogP) is 7.09. The van der Waals surface area contributed by atoms with Crippen LogP contribution in [0, 0.1) is 0 Å². The fraction of sp³-hybridized carbons (Fsp3) is 0.0938. The molecule has 1 aromatic heterocycles. The van der Waals surface area contributed by atoms with Crippen molar-refractivity contribution in [1.82, 2.24) is 4.57 Å². The Bertz CT molecular complexity index is 1480. The highest BCUT2D eigenvalue weighted by Gasteiger charge is 2.11. The van der Waals surface area contributed by atoms with Crippen LogP contribution in [0.5, 0.6) is 5.75 Å². The second kappa shape index (κ2) is 10.8. The van der Waals surface area contributed by atoms with Crippen LogP contribution in [0.1, 0.15) is 22.3 Å². The van der Waals surface area contributed by atoms with Crippen LogP contribution in [-0.2, 0) is 24.2 Å². The zero-order chi connectivity index (χ0) is 24.7. The van der Waals surface area contributed by atoms with Crippen molar-refractivity contribution in [2.45, 2.75) is 19.4 Å². The summed E-state index contributed by atoms with van der Waals surface area (Å²) < 4.78 is 8.16. The Balaban J connectivity index is 1.43. The predicted molar refractivity (Wildman–Crippen MR) is 145 cm³/mol. The van der Waals surface area contributed by atoms with Crippen molar-refractivity contribution in [3.63, 3.8) is 0 Å². The first-order valence-corrected chi connectivity index (χ1v) is 12.0. The van der Waals surface area contributed by atoms with E-state index >= 15 is 0 Å². The van der Waals surface area contributed by atoms with Gasteiger partial charge < -0.3 is 14.4 Å². The van der Waals surface area contributed by atoms with E-state index in [1.54, 1.807) is 6.08 Å². The summed E-state index contributed by atoms with van der Waals surface area (Å²) >= 11 is 0. The number of carboxylic acid groups (broad SMARTS) is 1. The van der Waals surface area contributed by atoms with Crippen molar-refractivity contribution in [1.29, 1.82) is 0 Å². The number of ether oxygens (including phenoxy) is 1. The number of hydrogen-bond acceptors (Lipinski definition) is 2. The number of aromatic nitrogens is 1. The van der Waals surface area contributed by atoms with Crippen LogP contribution < -0.4 is 4.74 Å². The number of aryl methyl sites for hydroxylation is 2. The Kier molecular flexibility index (Phi) is 6.95. The highest BCUT2D eigenvalue weighted by Crippen LogP contribution is 2.29. The molecule has 4 aromatic carbocycles. The minimum Gasteiger partial charge on any atom is -0.489 e. The molecule has 0 atom stereocenters. The van der Waals surface area contributed by atoms with Crippen molar-refractivity contribution in [2.75, 3.05) is 0 Å². The number of aliphatic carboxylic acids is 1. The van der Waals surface area contributed by atoms with Gasteiger partial charge in [-0.2, -0.15) is 0 Å². The van der Waals surface area contributed by atoms with E-state index in [0.29, 0.717) is 6.61 Å². The summed E-state index contributed by atoms with van der Waals surface area (Å²) in [7, 11) is 0. The molecule has 0 fully saturated rings. The molecule has 0 saturated heterocycles. The average molecular weight is 474 g/mol. The lowest BCUT2D eigenvalue weighted by molar-refractivity contribution is -0.131. The molecular formula is C32H27NO3. The van der Waals surface area contributed by atoms with Crippen molar-refractivity contribution >= 4 is 22.9 Å². The van der Waals surface area contributed by atoms with Gasteiger partial charge in [0.15, 0.2) is 0 Å². The lowest BCUT2D eigenvalue weighted by atomic mass is 10.0. The summed E-state index contributed by atoms with van der Waals surface area (Å²) in [6.07, 6.45) is 6.83. The molecule has 0 amide bonds. The third kappa shape index (κ3) is 5.56. The molecule has 178 valence electrons. The SMILES string of the molecule is O=C(O)/C=C/c1ccc2c(c1)c(CCc1ccccc1)cn2-c1ccc(OCc2ccccc2)cc1. The summed E-state index contributed by atoms with van der Waals surface area (Å²) in [6, 6.07) is 34.8. The van der Waals surface area contributed by atoms with E-state index in [9.17, 15) is 4.79 Å². The van der Waals surface area contributed by atoms with E-state index in [-0.39, 0.29) is 0 Å². The number of benzene rings is 4. The van der Waals surface area contributed by atoms with Gasteiger partial charge in [0.2, 0.25) is 0 Å². The lowest BCUT2D eigenvalue weighted by Crippen LogP contribution is -1.96. The van der Waals surface area contributed by atoms with Gasteiger partial charge in [-0.05, 0) is 77.6 Å². The molecule has 36 heavy (non-hydrogen) atoms. The number of hydrogen-bond donors (Lipinski definition) is 1. The maximum absolute atomic E-state index is 11.0. The molecule has 1 N–H and O–H groups in total. The summed E-state index contributed by atoms with van der Waals surface area (Å²) in [5.74, 6) is -0.129. The molecule has 0 spiro atoms. The Hall–Kier alpha value is -4.57. The minimum absolute atomic E-state index is 0.531. The van der Waals surface area contributed by atoms with E-state index in [0.717, 1.165) is 46.3 Å². The zero-order valence-electron chi connectivity index (χ0n) is 19.9. The molecule has 4 heteroatoms. The normalized spacial score (nSPS) is 11.2. The van der Waals surface area contributed by atoms with E-state index in [2.05, 4.69) is 71.4 Å². The first kappa shape index (κ1) is 23.2. The topological polar surface area (TPSA) is 51.5 Å². The maximum Gasteiger partial charge on any atom is 0.328 e. The molecule has 0 radical (unpaired) electrons. The minimum atomic E-state index is -0.952. The van der Waals surface area contributed by atoms with Crippen LogP contribution in [-0.4, -0.2) is 15.6 Å². The molecule has 4 nitrogen and oxygen atoms in total. The quantitative estimate of drug-likeness (QED) is 0.233. The Labute approximate surface area is 210 Å². The monoisotopic (exact) mass is 473 g/mol. The number of fused-ring (bicyclic) bond motifs is 1. The van der Waals surface area contributed by atoms with Crippen molar-refractivity contribution < 1.29 is 14.6 Å².